The zero-order valence-corrected chi connectivity index (χ0v) is 13.8. The molecule has 1 aliphatic heterocycles. The van der Waals surface area contributed by atoms with E-state index in [0.29, 0.717) is 19.0 Å². The third-order valence-electron chi connectivity index (χ3n) is 4.68. The van der Waals surface area contributed by atoms with Crippen molar-refractivity contribution in [2.75, 3.05) is 19.7 Å². The van der Waals surface area contributed by atoms with Gasteiger partial charge in [-0.3, -0.25) is 4.79 Å². The van der Waals surface area contributed by atoms with Gasteiger partial charge in [0.2, 0.25) is 0 Å². The molecule has 1 heterocycles. The Balaban J connectivity index is 1.94. The number of carbonyl (C=O) groups excluding carboxylic acids is 1. The van der Waals surface area contributed by atoms with Gasteiger partial charge in [-0.25, -0.2) is 0 Å². The van der Waals surface area contributed by atoms with Gasteiger partial charge in [-0.2, -0.15) is 0 Å². The van der Waals surface area contributed by atoms with Crippen LogP contribution < -0.4 is 4.74 Å². The number of carbonyl (C=O) groups is 1. The second-order valence-corrected chi connectivity index (χ2v) is 6.31. The predicted molar refractivity (Wildman–Crippen MR) is 87.0 cm³/mol. The highest BCUT2D eigenvalue weighted by molar-refractivity contribution is 5.78. The number of likely N-dealkylation sites (tertiary alicyclic amines) is 1. The van der Waals surface area contributed by atoms with Crippen molar-refractivity contribution in [2.24, 2.45) is 5.92 Å². The molecule has 0 bridgehead atoms. The minimum Gasteiger partial charge on any atom is -0.483 e. The lowest BCUT2D eigenvalue weighted by molar-refractivity contribution is -0.137. The molecule has 1 saturated heterocycles. The molecule has 1 aliphatic rings. The Morgan fingerprint density at radius 3 is 2.86 bits per heavy atom. The van der Waals surface area contributed by atoms with Gasteiger partial charge in [-0.05, 0) is 36.3 Å². The Morgan fingerprint density at radius 2 is 2.18 bits per heavy atom. The van der Waals surface area contributed by atoms with E-state index in [-0.39, 0.29) is 18.4 Å². The molecule has 22 heavy (non-hydrogen) atoms. The van der Waals surface area contributed by atoms with Crippen LogP contribution >= 0.6 is 0 Å². The molecular formula is C18H27NO3. The number of ether oxygens (including phenoxy) is 1. The number of rotatable bonds is 5. The number of hydrogen-bond acceptors (Lipinski definition) is 3. The van der Waals surface area contributed by atoms with Crippen LogP contribution in [-0.4, -0.2) is 41.7 Å². The second-order valence-electron chi connectivity index (χ2n) is 6.31. The van der Waals surface area contributed by atoms with Gasteiger partial charge in [0, 0.05) is 13.1 Å². The van der Waals surface area contributed by atoms with E-state index >= 15 is 0 Å². The Morgan fingerprint density at radius 1 is 1.45 bits per heavy atom. The number of nitrogens with zero attached hydrogens (tertiary/aromatic N) is 1. The van der Waals surface area contributed by atoms with E-state index in [2.05, 4.69) is 19.9 Å². The van der Waals surface area contributed by atoms with E-state index in [9.17, 15) is 9.90 Å². The fourth-order valence-electron chi connectivity index (χ4n) is 2.75. The van der Waals surface area contributed by atoms with E-state index in [4.69, 9.17) is 4.74 Å². The average molecular weight is 305 g/mol. The van der Waals surface area contributed by atoms with Crippen molar-refractivity contribution >= 4 is 5.91 Å². The van der Waals surface area contributed by atoms with Gasteiger partial charge in [0.1, 0.15) is 5.75 Å². The number of amides is 1. The van der Waals surface area contributed by atoms with Crippen molar-refractivity contribution in [3.8, 4) is 5.75 Å². The van der Waals surface area contributed by atoms with Crippen LogP contribution in [0.4, 0.5) is 0 Å². The van der Waals surface area contributed by atoms with Crippen LogP contribution in [-0.2, 0) is 4.79 Å². The van der Waals surface area contributed by atoms with Crippen LogP contribution in [0.3, 0.4) is 0 Å². The summed E-state index contributed by atoms with van der Waals surface area (Å²) in [5, 5.41) is 9.90. The summed E-state index contributed by atoms with van der Waals surface area (Å²) in [5.41, 5.74) is 1.14. The quantitative estimate of drug-likeness (QED) is 0.910. The van der Waals surface area contributed by atoms with Gasteiger partial charge in [0.15, 0.2) is 6.61 Å². The summed E-state index contributed by atoms with van der Waals surface area (Å²) in [6, 6.07) is 7.90. The third-order valence-corrected chi connectivity index (χ3v) is 4.68. The first-order chi connectivity index (χ1) is 10.5. The lowest BCUT2D eigenvalue weighted by Gasteiger charge is -2.34. The molecule has 1 N–H and O–H groups in total. The van der Waals surface area contributed by atoms with E-state index in [1.807, 2.05) is 25.1 Å². The molecule has 2 rings (SSSR count). The molecule has 3 atom stereocenters. The molecule has 3 unspecified atom stereocenters. The normalized spacial score (nSPS) is 23.2. The highest BCUT2D eigenvalue weighted by Crippen LogP contribution is 2.28. The molecule has 1 amide bonds. The van der Waals surface area contributed by atoms with E-state index < -0.39 is 6.10 Å². The maximum Gasteiger partial charge on any atom is 0.260 e. The number of hydrogen-bond donors (Lipinski definition) is 1. The minimum absolute atomic E-state index is 0.0363. The van der Waals surface area contributed by atoms with Gasteiger partial charge in [0.05, 0.1) is 6.10 Å². The Bertz CT molecular complexity index is 503. The molecule has 0 radical (unpaired) electrons. The molecule has 4 heteroatoms. The van der Waals surface area contributed by atoms with Crippen LogP contribution in [0.25, 0.3) is 0 Å². The molecule has 4 nitrogen and oxygen atoms in total. The number of benzene rings is 1. The second kappa shape index (κ2) is 7.63. The molecule has 1 aromatic carbocycles. The summed E-state index contributed by atoms with van der Waals surface area (Å²) in [6.07, 6.45) is 1.45. The first kappa shape index (κ1) is 16.8. The van der Waals surface area contributed by atoms with E-state index in [1.54, 1.807) is 4.90 Å². The maximum absolute atomic E-state index is 12.3. The molecule has 1 fully saturated rings. The summed E-state index contributed by atoms with van der Waals surface area (Å²) in [5.74, 6) is 1.40. The molecule has 0 saturated carbocycles. The van der Waals surface area contributed by atoms with Gasteiger partial charge >= 0.3 is 0 Å². The van der Waals surface area contributed by atoms with Gasteiger partial charge in [-0.15, -0.1) is 0 Å². The summed E-state index contributed by atoms with van der Waals surface area (Å²) >= 11 is 0. The van der Waals surface area contributed by atoms with Crippen molar-refractivity contribution in [1.29, 1.82) is 0 Å². The van der Waals surface area contributed by atoms with Crippen molar-refractivity contribution in [3.63, 3.8) is 0 Å². The number of aliphatic hydroxyl groups excluding tert-OH is 1. The average Bonchev–Trinajstić information content (AvgIpc) is 2.54. The van der Waals surface area contributed by atoms with Crippen LogP contribution in [0.1, 0.15) is 45.1 Å². The van der Waals surface area contributed by atoms with Crippen molar-refractivity contribution < 1.29 is 14.6 Å². The number of piperidine rings is 1. The summed E-state index contributed by atoms with van der Waals surface area (Å²) in [7, 11) is 0. The molecular weight excluding hydrogens is 278 g/mol. The smallest absolute Gasteiger partial charge is 0.260 e. The molecule has 122 valence electrons. The molecule has 1 aromatic rings. The molecule has 0 aliphatic carbocycles. The number of aliphatic hydroxyl groups is 1. The number of β-amino-alcohol motifs (C(OH)–C–C–N with tert-alkyl or cyclic N) is 1. The highest BCUT2D eigenvalue weighted by atomic mass is 16.5. The minimum atomic E-state index is -0.426. The van der Waals surface area contributed by atoms with Crippen LogP contribution in [0.5, 0.6) is 5.75 Å². The summed E-state index contributed by atoms with van der Waals surface area (Å²) in [6.45, 7) is 7.47. The largest absolute Gasteiger partial charge is 0.483 e. The fraction of sp³-hybridized carbons (Fsp3) is 0.611. The first-order valence-electron chi connectivity index (χ1n) is 8.20. The lowest BCUT2D eigenvalue weighted by atomic mass is 9.96. The Hall–Kier alpha value is -1.55. The topological polar surface area (TPSA) is 49.8 Å². The van der Waals surface area contributed by atoms with Gasteiger partial charge in [0.25, 0.3) is 5.91 Å². The van der Waals surface area contributed by atoms with Gasteiger partial charge in [-0.1, -0.05) is 39.0 Å². The standard InChI is InChI=1S/C18H27NO3/c1-4-13(2)15-7-5-6-8-17(15)22-12-18(21)19-10-9-14(3)16(20)11-19/h5-8,13-14,16,20H,4,9-12H2,1-3H3. The zero-order chi connectivity index (χ0) is 16.1. The summed E-state index contributed by atoms with van der Waals surface area (Å²) in [4.78, 5) is 14.0. The van der Waals surface area contributed by atoms with Crippen molar-refractivity contribution in [1.82, 2.24) is 4.90 Å². The van der Waals surface area contributed by atoms with E-state index in [0.717, 1.165) is 24.2 Å². The Kier molecular flexibility index (Phi) is 5.83. The molecule has 0 aromatic heterocycles. The Labute approximate surface area is 133 Å². The fourth-order valence-corrected chi connectivity index (χ4v) is 2.75. The number of para-hydroxylation sites is 1. The van der Waals surface area contributed by atoms with Crippen LogP contribution in [0.2, 0.25) is 0 Å². The lowest BCUT2D eigenvalue weighted by Crippen LogP contribution is -2.47. The van der Waals surface area contributed by atoms with Crippen LogP contribution in [0.15, 0.2) is 24.3 Å². The predicted octanol–water partition coefficient (Wildman–Crippen LogP) is 2.81. The molecule has 0 spiro atoms. The SMILES string of the molecule is CCC(C)c1ccccc1OCC(=O)N1CCC(C)C(O)C1. The maximum atomic E-state index is 12.3. The first-order valence-corrected chi connectivity index (χ1v) is 8.20. The zero-order valence-electron chi connectivity index (χ0n) is 13.8. The monoisotopic (exact) mass is 305 g/mol. The van der Waals surface area contributed by atoms with E-state index in [1.165, 1.54) is 0 Å². The van der Waals surface area contributed by atoms with Crippen LogP contribution in [0, 0.1) is 5.92 Å². The van der Waals surface area contributed by atoms with Gasteiger partial charge < -0.3 is 14.7 Å². The van der Waals surface area contributed by atoms with Crippen molar-refractivity contribution in [3.05, 3.63) is 29.8 Å². The third kappa shape index (κ3) is 4.01. The highest BCUT2D eigenvalue weighted by Gasteiger charge is 2.27. The van der Waals surface area contributed by atoms with Crippen molar-refractivity contribution in [2.45, 2.75) is 45.6 Å². The summed E-state index contributed by atoms with van der Waals surface area (Å²) < 4.78 is 5.76.